The van der Waals surface area contributed by atoms with E-state index in [0.29, 0.717) is 23.9 Å². The van der Waals surface area contributed by atoms with E-state index in [1.165, 1.54) is 97.4 Å². The third-order valence-corrected chi connectivity index (χ3v) is 8.59. The van der Waals surface area contributed by atoms with Crippen molar-refractivity contribution in [2.24, 2.45) is 7.05 Å². The first-order valence-corrected chi connectivity index (χ1v) is 13.5. The Hall–Kier alpha value is -2.15. The van der Waals surface area contributed by atoms with Gasteiger partial charge in [0.15, 0.2) is 6.17 Å². The van der Waals surface area contributed by atoms with Crippen LogP contribution in [0.1, 0.15) is 119 Å². The van der Waals surface area contributed by atoms with E-state index in [2.05, 4.69) is 62.7 Å². The summed E-state index contributed by atoms with van der Waals surface area (Å²) in [6, 6.07) is 14.1. The molecule has 0 spiro atoms. The average Bonchev–Trinajstić information content (AvgIpc) is 2.86. The second kappa shape index (κ2) is 9.61. The van der Waals surface area contributed by atoms with Crippen LogP contribution < -0.4 is 4.57 Å². The zero-order valence-corrected chi connectivity index (χ0v) is 21.2. The molecule has 1 heterocycles. The Labute approximate surface area is 202 Å². The molecule has 5 rings (SSSR count). The van der Waals surface area contributed by atoms with E-state index in [9.17, 15) is 0 Å². The van der Waals surface area contributed by atoms with Crippen molar-refractivity contribution >= 4 is 10.8 Å². The van der Waals surface area contributed by atoms with Gasteiger partial charge in [-0.1, -0.05) is 70.6 Å². The highest BCUT2D eigenvalue weighted by Gasteiger charge is 2.26. The summed E-state index contributed by atoms with van der Waals surface area (Å²) in [5.41, 5.74) is 8.54. The standard InChI is InChI=1S/C32H42N/c1-22(2)26-15-16-29-27(19-26)17-18-33(4)32(29)31-21-28(24-11-7-5-8-12-24)20-30(23(31)3)25-13-9-6-10-14-25/h15-22,24-25H,5-14H2,1-4H3/q+1/i18D. The quantitative estimate of drug-likeness (QED) is 0.356. The van der Waals surface area contributed by atoms with Crippen molar-refractivity contribution in [3.8, 4) is 11.3 Å². The fourth-order valence-electron chi connectivity index (χ4n) is 6.53. The van der Waals surface area contributed by atoms with Gasteiger partial charge in [-0.25, -0.2) is 4.57 Å². The van der Waals surface area contributed by atoms with Gasteiger partial charge in [-0.2, -0.15) is 0 Å². The average molecular weight is 442 g/mol. The Bertz CT molecular complexity index is 1180. The number of pyridine rings is 1. The van der Waals surface area contributed by atoms with Gasteiger partial charge < -0.3 is 0 Å². The number of nitrogens with zero attached hydrogens (tertiary/aromatic N) is 1. The number of aromatic nitrogens is 1. The summed E-state index contributed by atoms with van der Waals surface area (Å²) in [6.07, 6.45) is 14.2. The third kappa shape index (κ3) is 4.48. The Morgan fingerprint density at radius 1 is 0.848 bits per heavy atom. The molecule has 2 fully saturated rings. The molecule has 0 radical (unpaired) electrons. The number of benzene rings is 2. The van der Waals surface area contributed by atoms with Crippen molar-refractivity contribution in [2.45, 2.75) is 103 Å². The fraction of sp³-hybridized carbons (Fsp3) is 0.531. The van der Waals surface area contributed by atoms with Crippen molar-refractivity contribution in [3.63, 3.8) is 0 Å². The Kier molecular flexibility index (Phi) is 6.23. The van der Waals surface area contributed by atoms with Crippen LogP contribution in [0.4, 0.5) is 0 Å². The summed E-state index contributed by atoms with van der Waals surface area (Å²) in [7, 11) is 2.08. The van der Waals surface area contributed by atoms with E-state index < -0.39 is 0 Å². The lowest BCUT2D eigenvalue weighted by Gasteiger charge is -2.28. The van der Waals surface area contributed by atoms with Crippen LogP contribution in [0.15, 0.2) is 42.6 Å². The molecular formula is C32H42N+. The minimum absolute atomic E-state index is 0.491. The van der Waals surface area contributed by atoms with Crippen LogP contribution in [-0.2, 0) is 7.05 Å². The highest BCUT2D eigenvalue weighted by molar-refractivity contribution is 5.94. The minimum Gasteiger partial charge on any atom is -0.200 e. The first-order valence-electron chi connectivity index (χ1n) is 14.0. The lowest BCUT2D eigenvalue weighted by Crippen LogP contribution is -2.31. The van der Waals surface area contributed by atoms with Gasteiger partial charge in [0.2, 0.25) is 5.69 Å². The molecule has 3 aromatic rings. The molecule has 0 saturated heterocycles. The zero-order valence-electron chi connectivity index (χ0n) is 22.2. The van der Waals surface area contributed by atoms with Crippen LogP contribution in [-0.4, -0.2) is 0 Å². The molecule has 2 aliphatic rings. The molecule has 174 valence electrons. The van der Waals surface area contributed by atoms with Crippen LogP contribution in [0.25, 0.3) is 22.0 Å². The third-order valence-electron chi connectivity index (χ3n) is 8.59. The van der Waals surface area contributed by atoms with E-state index in [1.807, 2.05) is 6.07 Å². The summed E-state index contributed by atoms with van der Waals surface area (Å²) < 4.78 is 10.9. The Balaban J connectivity index is 1.74. The normalized spacial score (nSPS) is 18.8. The lowest BCUT2D eigenvalue weighted by atomic mass is 9.76. The molecular weight excluding hydrogens is 398 g/mol. The first-order chi connectivity index (χ1) is 16.4. The van der Waals surface area contributed by atoms with Gasteiger partial charge in [0, 0.05) is 6.07 Å². The van der Waals surface area contributed by atoms with Crippen molar-refractivity contribution < 1.29 is 5.94 Å². The van der Waals surface area contributed by atoms with E-state index in [0.717, 1.165) is 0 Å². The van der Waals surface area contributed by atoms with Crippen molar-refractivity contribution in [1.29, 1.82) is 0 Å². The van der Waals surface area contributed by atoms with Crippen molar-refractivity contribution in [3.05, 3.63) is 64.8 Å². The number of fused-ring (bicyclic) bond motifs is 1. The summed E-state index contributed by atoms with van der Waals surface area (Å²) in [5.74, 6) is 1.88. The van der Waals surface area contributed by atoms with Crippen LogP contribution in [0, 0.1) is 6.92 Å². The highest BCUT2D eigenvalue weighted by Crippen LogP contribution is 2.42. The molecule has 1 nitrogen and oxygen atoms in total. The lowest BCUT2D eigenvalue weighted by molar-refractivity contribution is -0.659. The first kappa shape index (κ1) is 21.4. The van der Waals surface area contributed by atoms with Gasteiger partial charge in [-0.3, -0.25) is 0 Å². The molecule has 0 N–H and O–H groups in total. The minimum atomic E-state index is 0.491. The van der Waals surface area contributed by atoms with Crippen LogP contribution in [0.5, 0.6) is 0 Å². The van der Waals surface area contributed by atoms with Gasteiger partial charge in [0.25, 0.3) is 0 Å². The molecule has 0 bridgehead atoms. The van der Waals surface area contributed by atoms with E-state index in [-0.39, 0.29) is 0 Å². The summed E-state index contributed by atoms with van der Waals surface area (Å²) in [6.45, 7) is 6.86. The molecule has 0 unspecified atom stereocenters. The molecule has 33 heavy (non-hydrogen) atoms. The fourth-order valence-corrected chi connectivity index (χ4v) is 6.53. The maximum absolute atomic E-state index is 8.80. The highest BCUT2D eigenvalue weighted by atomic mass is 14.9. The molecule has 0 amide bonds. The van der Waals surface area contributed by atoms with E-state index in [1.54, 1.807) is 11.1 Å². The summed E-state index contributed by atoms with van der Waals surface area (Å²) in [4.78, 5) is 0. The SMILES string of the molecule is [2H]c1cc2cc(C(C)C)ccc2c(-c2cc(C3CCCCC3)cc(C3CCCCC3)c2C)[n+]1C. The van der Waals surface area contributed by atoms with Crippen molar-refractivity contribution in [1.82, 2.24) is 0 Å². The smallest absolute Gasteiger partial charge is 0.200 e. The van der Waals surface area contributed by atoms with Gasteiger partial charge in [-0.05, 0) is 90.1 Å². The predicted molar refractivity (Wildman–Crippen MR) is 141 cm³/mol. The van der Waals surface area contributed by atoms with E-state index >= 15 is 0 Å². The van der Waals surface area contributed by atoms with Crippen LogP contribution >= 0.6 is 0 Å². The van der Waals surface area contributed by atoms with Crippen LogP contribution in [0.2, 0.25) is 0 Å². The van der Waals surface area contributed by atoms with Crippen LogP contribution in [0.3, 0.4) is 0 Å². The zero-order chi connectivity index (χ0) is 23.8. The largest absolute Gasteiger partial charge is 0.220 e. The maximum atomic E-state index is 8.80. The molecule has 1 aromatic heterocycles. The monoisotopic (exact) mass is 441 g/mol. The summed E-state index contributed by atoms with van der Waals surface area (Å²) >= 11 is 0. The van der Waals surface area contributed by atoms with Gasteiger partial charge >= 0.3 is 0 Å². The number of hydrogen-bond acceptors (Lipinski definition) is 0. The molecule has 0 aliphatic heterocycles. The predicted octanol–water partition coefficient (Wildman–Crippen LogP) is 8.86. The molecule has 1 heteroatoms. The molecule has 2 aromatic carbocycles. The molecule has 0 atom stereocenters. The van der Waals surface area contributed by atoms with Crippen molar-refractivity contribution in [2.75, 3.05) is 0 Å². The maximum Gasteiger partial charge on any atom is 0.220 e. The second-order valence-corrected chi connectivity index (χ2v) is 11.1. The van der Waals surface area contributed by atoms with Gasteiger partial charge in [0.1, 0.15) is 8.42 Å². The summed E-state index contributed by atoms with van der Waals surface area (Å²) in [5, 5.41) is 2.48. The van der Waals surface area contributed by atoms with Gasteiger partial charge in [-0.15, -0.1) is 0 Å². The molecule has 2 aliphatic carbocycles. The number of rotatable bonds is 4. The van der Waals surface area contributed by atoms with E-state index in [4.69, 9.17) is 1.37 Å². The second-order valence-electron chi connectivity index (χ2n) is 11.1. The Morgan fingerprint density at radius 3 is 2.18 bits per heavy atom. The molecule has 2 saturated carbocycles. The Morgan fingerprint density at radius 2 is 1.52 bits per heavy atom. The van der Waals surface area contributed by atoms with Gasteiger partial charge in [0.05, 0.1) is 10.9 Å². The topological polar surface area (TPSA) is 3.88 Å². The number of hydrogen-bond donors (Lipinski definition) is 0.